The lowest BCUT2D eigenvalue weighted by Gasteiger charge is -2.17. The molecule has 1 fully saturated rings. The van der Waals surface area contributed by atoms with Gasteiger partial charge < -0.3 is 35.8 Å². The fourth-order valence-electron chi connectivity index (χ4n) is 3.29. The molecule has 0 aliphatic carbocycles. The number of benzene rings is 1. The molecule has 0 amide bonds. The van der Waals surface area contributed by atoms with Crippen LogP contribution in [-0.2, 0) is 4.74 Å². The largest absolute Gasteiger partial charge is 0.394 e. The summed E-state index contributed by atoms with van der Waals surface area (Å²) >= 11 is 0. The maximum atomic E-state index is 10.4. The molecule has 0 saturated carbocycles. The Labute approximate surface area is 172 Å². The van der Waals surface area contributed by atoms with E-state index in [4.69, 9.17) is 4.74 Å². The number of nitrogens with one attached hydrogen (secondary N) is 2. The average Bonchev–Trinajstić information content (AvgIpc) is 3.28. The van der Waals surface area contributed by atoms with E-state index in [1.807, 2.05) is 30.3 Å². The fourth-order valence-corrected chi connectivity index (χ4v) is 3.29. The van der Waals surface area contributed by atoms with Crippen LogP contribution in [0.4, 0.5) is 17.5 Å². The van der Waals surface area contributed by atoms with Crippen LogP contribution in [0.2, 0.25) is 0 Å². The Morgan fingerprint density at radius 2 is 1.93 bits per heavy atom. The predicted molar refractivity (Wildman–Crippen MR) is 108 cm³/mol. The molecular weight excluding hydrogens is 392 g/mol. The van der Waals surface area contributed by atoms with Crippen LogP contribution in [0.15, 0.2) is 36.7 Å². The van der Waals surface area contributed by atoms with Crippen molar-refractivity contribution in [3.05, 3.63) is 36.7 Å². The van der Waals surface area contributed by atoms with Gasteiger partial charge in [0.05, 0.1) is 19.0 Å². The first-order valence-electron chi connectivity index (χ1n) is 9.59. The van der Waals surface area contributed by atoms with Crippen LogP contribution in [0.25, 0.3) is 11.2 Å². The van der Waals surface area contributed by atoms with Gasteiger partial charge in [-0.15, -0.1) is 0 Å². The maximum absolute atomic E-state index is 10.4. The van der Waals surface area contributed by atoms with E-state index in [-0.39, 0.29) is 12.5 Å². The number of aliphatic hydroxyl groups excluding tert-OH is 4. The van der Waals surface area contributed by atoms with E-state index in [9.17, 15) is 20.4 Å². The molecule has 0 bridgehead atoms. The number of fused-ring (bicyclic) bond motifs is 1. The zero-order chi connectivity index (χ0) is 21.3. The molecule has 4 rings (SSSR count). The number of aromatic nitrogens is 4. The number of anilines is 3. The number of para-hydroxylation sites is 1. The second-order valence-corrected chi connectivity index (χ2v) is 7.17. The Hall–Kier alpha value is -2.83. The average molecular weight is 416 g/mol. The van der Waals surface area contributed by atoms with Crippen molar-refractivity contribution in [1.82, 2.24) is 19.5 Å². The molecule has 0 radical (unpaired) electrons. The molecule has 1 aliphatic heterocycles. The van der Waals surface area contributed by atoms with Crippen molar-refractivity contribution in [2.45, 2.75) is 37.6 Å². The van der Waals surface area contributed by atoms with Crippen LogP contribution in [0, 0.1) is 0 Å². The SMILES string of the molecule is CC(O)CNc1nc(Nc2ccccc2)nc2c1ncn2C1O[C@H](CO)[C@@H](O)[C@H]1O. The zero-order valence-corrected chi connectivity index (χ0v) is 16.3. The summed E-state index contributed by atoms with van der Waals surface area (Å²) in [5.74, 6) is 0.667. The summed E-state index contributed by atoms with van der Waals surface area (Å²) < 4.78 is 7.11. The first-order valence-corrected chi connectivity index (χ1v) is 9.59. The van der Waals surface area contributed by atoms with Gasteiger partial charge in [0.15, 0.2) is 23.2 Å². The number of imidazole rings is 1. The lowest BCUT2D eigenvalue weighted by Crippen LogP contribution is -2.33. The van der Waals surface area contributed by atoms with Crippen molar-refractivity contribution >= 4 is 28.6 Å². The lowest BCUT2D eigenvalue weighted by molar-refractivity contribution is -0.0511. The molecule has 0 spiro atoms. The molecule has 5 atom stereocenters. The van der Waals surface area contributed by atoms with Gasteiger partial charge in [-0.05, 0) is 19.1 Å². The molecule has 160 valence electrons. The summed E-state index contributed by atoms with van der Waals surface area (Å²) in [7, 11) is 0. The minimum Gasteiger partial charge on any atom is -0.394 e. The van der Waals surface area contributed by atoms with E-state index < -0.39 is 37.3 Å². The first-order chi connectivity index (χ1) is 14.5. The highest BCUT2D eigenvalue weighted by molar-refractivity contribution is 5.84. The molecule has 3 aromatic rings. The molecule has 1 aromatic carbocycles. The third-order valence-electron chi connectivity index (χ3n) is 4.81. The van der Waals surface area contributed by atoms with Crippen LogP contribution >= 0.6 is 0 Å². The Kier molecular flexibility index (Phi) is 5.79. The molecule has 3 heterocycles. The highest BCUT2D eigenvalue weighted by Gasteiger charge is 2.44. The number of hydrogen-bond donors (Lipinski definition) is 6. The maximum Gasteiger partial charge on any atom is 0.231 e. The normalized spacial score (nSPS) is 24.8. The van der Waals surface area contributed by atoms with Gasteiger partial charge in [-0.3, -0.25) is 4.57 Å². The first kappa shape index (κ1) is 20.4. The van der Waals surface area contributed by atoms with Gasteiger partial charge in [-0.2, -0.15) is 9.97 Å². The third-order valence-corrected chi connectivity index (χ3v) is 4.81. The number of hydrogen-bond acceptors (Lipinski definition) is 10. The summed E-state index contributed by atoms with van der Waals surface area (Å²) in [6.45, 7) is 1.46. The molecule has 11 heteroatoms. The van der Waals surface area contributed by atoms with E-state index in [0.717, 1.165) is 5.69 Å². The minimum absolute atomic E-state index is 0.248. The van der Waals surface area contributed by atoms with Crippen LogP contribution in [0.3, 0.4) is 0 Å². The van der Waals surface area contributed by atoms with Crippen LogP contribution in [0.1, 0.15) is 13.2 Å². The Bertz CT molecular complexity index is 998. The number of aliphatic hydroxyl groups is 4. The standard InChI is InChI=1S/C19H24N6O5/c1-10(27)7-20-16-13-17(24-19(23-16)22-11-5-3-2-4-6-11)25(9-21-13)18-15(29)14(28)12(8-26)30-18/h2-6,9-10,12,14-15,18,26-29H,7-8H2,1H3,(H2,20,22,23,24)/t10?,12-,14-,15-,18?/m1/s1. The van der Waals surface area contributed by atoms with Gasteiger partial charge in [0.25, 0.3) is 0 Å². The van der Waals surface area contributed by atoms with Crippen molar-refractivity contribution in [2.24, 2.45) is 0 Å². The zero-order valence-electron chi connectivity index (χ0n) is 16.3. The summed E-state index contributed by atoms with van der Waals surface area (Å²) in [5.41, 5.74) is 1.54. The minimum atomic E-state index is -1.27. The van der Waals surface area contributed by atoms with E-state index >= 15 is 0 Å². The number of nitrogens with zero attached hydrogens (tertiary/aromatic N) is 4. The van der Waals surface area contributed by atoms with Gasteiger partial charge in [-0.1, -0.05) is 18.2 Å². The third kappa shape index (κ3) is 3.93. The molecule has 6 N–H and O–H groups in total. The van der Waals surface area contributed by atoms with Crippen LogP contribution in [-0.4, -0.2) is 77.5 Å². The van der Waals surface area contributed by atoms with Gasteiger partial charge in [-0.25, -0.2) is 4.98 Å². The molecule has 30 heavy (non-hydrogen) atoms. The summed E-state index contributed by atoms with van der Waals surface area (Å²) in [4.78, 5) is 13.3. The summed E-state index contributed by atoms with van der Waals surface area (Å²) in [6.07, 6.45) is -3.59. The van der Waals surface area contributed by atoms with Gasteiger partial charge >= 0.3 is 0 Å². The Morgan fingerprint density at radius 1 is 1.17 bits per heavy atom. The monoisotopic (exact) mass is 416 g/mol. The molecule has 2 unspecified atom stereocenters. The van der Waals surface area contributed by atoms with E-state index in [0.29, 0.717) is 17.0 Å². The molecule has 2 aromatic heterocycles. The van der Waals surface area contributed by atoms with Crippen molar-refractivity contribution in [1.29, 1.82) is 0 Å². The highest BCUT2D eigenvalue weighted by atomic mass is 16.6. The lowest BCUT2D eigenvalue weighted by atomic mass is 10.1. The highest BCUT2D eigenvalue weighted by Crippen LogP contribution is 2.33. The molecular formula is C19H24N6O5. The summed E-state index contributed by atoms with van der Waals surface area (Å²) in [6, 6.07) is 9.36. The molecule has 1 aliphatic rings. The quantitative estimate of drug-likeness (QED) is 0.309. The van der Waals surface area contributed by atoms with E-state index in [1.54, 1.807) is 6.92 Å². The van der Waals surface area contributed by atoms with Crippen LogP contribution < -0.4 is 10.6 Å². The van der Waals surface area contributed by atoms with Crippen molar-refractivity contribution in [3.8, 4) is 0 Å². The second-order valence-electron chi connectivity index (χ2n) is 7.17. The molecule has 1 saturated heterocycles. The second kappa shape index (κ2) is 8.50. The van der Waals surface area contributed by atoms with Gasteiger partial charge in [0, 0.05) is 12.2 Å². The summed E-state index contributed by atoms with van der Waals surface area (Å²) in [5, 5.41) is 45.7. The fraction of sp³-hybridized carbons (Fsp3) is 0.421. The van der Waals surface area contributed by atoms with E-state index in [2.05, 4.69) is 25.6 Å². The van der Waals surface area contributed by atoms with Crippen molar-refractivity contribution in [2.75, 3.05) is 23.8 Å². The number of ether oxygens (including phenoxy) is 1. The van der Waals surface area contributed by atoms with Gasteiger partial charge in [0.2, 0.25) is 5.95 Å². The number of rotatable bonds is 7. The van der Waals surface area contributed by atoms with Crippen molar-refractivity contribution in [3.63, 3.8) is 0 Å². The van der Waals surface area contributed by atoms with Crippen LogP contribution in [0.5, 0.6) is 0 Å². The topological polar surface area (TPSA) is 158 Å². The Balaban J connectivity index is 1.75. The van der Waals surface area contributed by atoms with E-state index in [1.165, 1.54) is 10.9 Å². The smallest absolute Gasteiger partial charge is 0.231 e. The van der Waals surface area contributed by atoms with Crippen molar-refractivity contribution < 1.29 is 25.2 Å². The van der Waals surface area contributed by atoms with Gasteiger partial charge in [0.1, 0.15) is 18.3 Å². The molecule has 11 nitrogen and oxygen atoms in total. The predicted octanol–water partition coefficient (Wildman–Crippen LogP) is -0.0259. The Morgan fingerprint density at radius 3 is 2.60 bits per heavy atom.